The van der Waals surface area contributed by atoms with Gasteiger partial charge in [-0.05, 0) is 172 Å². The van der Waals surface area contributed by atoms with E-state index in [0.29, 0.717) is 47.1 Å². The van der Waals surface area contributed by atoms with E-state index in [9.17, 15) is 10.2 Å². The molecule has 0 atom stereocenters. The molecular formula is C66H78N2O7. The molecule has 3 aliphatic carbocycles. The third-order valence-electron chi connectivity index (χ3n) is 16.2. The van der Waals surface area contributed by atoms with Gasteiger partial charge in [0.2, 0.25) is 11.6 Å². The van der Waals surface area contributed by atoms with Gasteiger partial charge in [-0.25, -0.2) is 0 Å². The highest BCUT2D eigenvalue weighted by Crippen LogP contribution is 2.51. The fourth-order valence-electron chi connectivity index (χ4n) is 11.7. The van der Waals surface area contributed by atoms with Crippen LogP contribution in [-0.4, -0.2) is 28.4 Å². The highest BCUT2D eigenvalue weighted by Gasteiger charge is 2.41. The summed E-state index contributed by atoms with van der Waals surface area (Å²) in [6.45, 7) is 9.39. The second kappa shape index (κ2) is 25.2. The topological polar surface area (TPSA) is 126 Å². The Morgan fingerprint density at radius 2 is 0.867 bits per heavy atom. The highest BCUT2D eigenvalue weighted by molar-refractivity contribution is 6.34. The zero-order chi connectivity index (χ0) is 52.3. The third kappa shape index (κ3) is 12.7. The first-order chi connectivity index (χ1) is 36.6. The molecule has 0 unspecified atom stereocenters. The van der Waals surface area contributed by atoms with Crippen LogP contribution in [0.2, 0.25) is 0 Å². The van der Waals surface area contributed by atoms with Crippen molar-refractivity contribution in [1.29, 1.82) is 0 Å². The minimum absolute atomic E-state index is 0.00103. The average Bonchev–Trinajstić information content (AvgIpc) is 3.44. The number of ketones is 2. The van der Waals surface area contributed by atoms with Gasteiger partial charge in [-0.2, -0.15) is 0 Å². The largest absolute Gasteiger partial charge is 0.504 e. The van der Waals surface area contributed by atoms with Crippen LogP contribution in [0.1, 0.15) is 204 Å². The van der Waals surface area contributed by atoms with Crippen LogP contribution < -0.4 is 24.8 Å². The summed E-state index contributed by atoms with van der Waals surface area (Å²) in [7, 11) is 0. The van der Waals surface area contributed by atoms with Crippen LogP contribution in [0.4, 0.5) is 22.7 Å². The molecule has 0 amide bonds. The van der Waals surface area contributed by atoms with Crippen LogP contribution in [0.3, 0.4) is 0 Å². The van der Waals surface area contributed by atoms with Crippen LogP contribution in [0.25, 0.3) is 0 Å². The second-order valence-corrected chi connectivity index (χ2v) is 21.5. The van der Waals surface area contributed by atoms with Crippen molar-refractivity contribution < 1.29 is 34.0 Å². The van der Waals surface area contributed by atoms with Crippen molar-refractivity contribution in [3.05, 3.63) is 148 Å². The monoisotopic (exact) mass is 1010 g/mol. The van der Waals surface area contributed by atoms with E-state index < -0.39 is 23.1 Å². The Bertz CT molecular complexity index is 2860. The molecule has 0 bridgehead atoms. The molecule has 6 aromatic rings. The standard InChI is InChI=1S/C66H78N2O7/c1-5-9-13-43-16-22-46(23-17-43)48-26-34-53(35-27-48)74-57-41-55(67-50-30-20-45(21-31-50)15-11-7-3)59-61(63(57)69)66(72)60-56(68-51-32-38-52(39-33-51)73-40-12-8-4)42-58(64(70)62(60)65(59)71)75-54-36-28-49(29-37-54)47-24-18-44(19-25-47)14-10-6-2/h20-21,26-39,41-44,46-47,67-70H,5-19,22-25,40H2,1-4H3. The van der Waals surface area contributed by atoms with Crippen LogP contribution in [0.15, 0.2) is 109 Å². The molecule has 0 heterocycles. The number of anilines is 4. The Labute approximate surface area is 445 Å². The summed E-state index contributed by atoms with van der Waals surface area (Å²) in [5.74, 6) is 1.98. The molecule has 9 rings (SSSR count). The van der Waals surface area contributed by atoms with Crippen LogP contribution in [-0.2, 0) is 6.42 Å². The number of benzene rings is 6. The molecule has 0 radical (unpaired) electrons. The second-order valence-electron chi connectivity index (χ2n) is 21.5. The summed E-state index contributed by atoms with van der Waals surface area (Å²) < 4.78 is 18.9. The van der Waals surface area contributed by atoms with E-state index in [0.717, 1.165) is 56.8 Å². The first kappa shape index (κ1) is 53.1. The zero-order valence-electron chi connectivity index (χ0n) is 44.8. The normalized spacial score (nSPS) is 18.2. The fraction of sp³-hybridized carbons (Fsp3) is 0.424. The van der Waals surface area contributed by atoms with Gasteiger partial charge in [-0.3, -0.25) is 9.59 Å². The highest BCUT2D eigenvalue weighted by atomic mass is 16.5. The molecule has 0 aliphatic heterocycles. The number of ether oxygens (including phenoxy) is 3. The van der Waals surface area contributed by atoms with Gasteiger partial charge in [0, 0.05) is 23.5 Å². The zero-order valence-corrected chi connectivity index (χ0v) is 44.8. The number of hydrogen-bond donors (Lipinski definition) is 4. The number of rotatable bonds is 23. The predicted octanol–water partition coefficient (Wildman–Crippen LogP) is 18.4. The Kier molecular flexibility index (Phi) is 17.8. The van der Waals surface area contributed by atoms with E-state index in [1.807, 2.05) is 72.8 Å². The first-order valence-corrected chi connectivity index (χ1v) is 28.4. The van der Waals surface area contributed by atoms with Crippen molar-refractivity contribution >= 4 is 34.3 Å². The maximum atomic E-state index is 15.4. The van der Waals surface area contributed by atoms with Gasteiger partial charge in [0.15, 0.2) is 23.0 Å². The molecule has 0 aromatic heterocycles. The Balaban J connectivity index is 1.07. The van der Waals surface area contributed by atoms with Gasteiger partial charge >= 0.3 is 0 Å². The van der Waals surface area contributed by atoms with Crippen molar-refractivity contribution in [1.82, 2.24) is 0 Å². The smallest absolute Gasteiger partial charge is 0.200 e. The summed E-state index contributed by atoms with van der Waals surface area (Å²) in [6.07, 6.45) is 22.3. The Hall–Kier alpha value is -6.74. The molecule has 4 N–H and O–H groups in total. The van der Waals surface area contributed by atoms with E-state index in [4.69, 9.17) is 14.2 Å². The van der Waals surface area contributed by atoms with E-state index in [2.05, 4.69) is 62.6 Å². The fourth-order valence-corrected chi connectivity index (χ4v) is 11.7. The molecule has 2 fully saturated rings. The number of fused-ring (bicyclic) bond motifs is 2. The number of unbranched alkanes of at least 4 members (excludes halogenated alkanes) is 4. The number of nitrogens with one attached hydrogen (secondary N) is 2. The molecule has 9 heteroatoms. The van der Waals surface area contributed by atoms with Gasteiger partial charge in [0.05, 0.1) is 40.2 Å². The van der Waals surface area contributed by atoms with Crippen molar-refractivity contribution in [2.24, 2.45) is 11.8 Å². The maximum Gasteiger partial charge on any atom is 0.200 e. The molecule has 394 valence electrons. The van der Waals surface area contributed by atoms with E-state index in [1.54, 1.807) is 12.1 Å². The first-order valence-electron chi connectivity index (χ1n) is 28.4. The number of aryl methyl sites for hydroxylation is 1. The summed E-state index contributed by atoms with van der Waals surface area (Å²) in [5, 5.41) is 31.4. The maximum absolute atomic E-state index is 15.4. The number of phenols is 2. The number of carbonyl (C=O) groups excluding carboxylic acids is 2. The van der Waals surface area contributed by atoms with E-state index >= 15 is 9.59 Å². The average molecular weight is 1010 g/mol. The minimum atomic E-state index is -0.664. The van der Waals surface area contributed by atoms with Crippen molar-refractivity contribution in [3.63, 3.8) is 0 Å². The Morgan fingerprint density at radius 3 is 1.28 bits per heavy atom. The molecule has 0 saturated heterocycles. The lowest BCUT2D eigenvalue weighted by atomic mass is 9.77. The number of phenolic OH excluding ortho intramolecular Hbond substituents is 2. The van der Waals surface area contributed by atoms with Crippen LogP contribution in [0, 0.1) is 11.8 Å². The summed E-state index contributed by atoms with van der Waals surface area (Å²) in [4.78, 5) is 30.8. The third-order valence-corrected chi connectivity index (χ3v) is 16.2. The molecule has 9 nitrogen and oxygen atoms in total. The van der Waals surface area contributed by atoms with Crippen LogP contribution >= 0.6 is 0 Å². The van der Waals surface area contributed by atoms with Gasteiger partial charge in [-0.15, -0.1) is 0 Å². The summed E-state index contributed by atoms with van der Waals surface area (Å²) in [6, 6.07) is 34.5. The molecule has 6 aromatic carbocycles. The predicted molar refractivity (Wildman–Crippen MR) is 303 cm³/mol. The number of carbonyl (C=O) groups is 2. The summed E-state index contributed by atoms with van der Waals surface area (Å²) >= 11 is 0. The minimum Gasteiger partial charge on any atom is -0.504 e. The molecule has 75 heavy (non-hydrogen) atoms. The lowest BCUT2D eigenvalue weighted by molar-refractivity contribution is 0.0974. The lowest BCUT2D eigenvalue weighted by Gasteiger charge is -2.29. The molecule has 2 saturated carbocycles. The number of hydrogen-bond acceptors (Lipinski definition) is 9. The van der Waals surface area contributed by atoms with Gasteiger partial charge < -0.3 is 35.1 Å². The molecule has 0 spiro atoms. The van der Waals surface area contributed by atoms with E-state index in [-0.39, 0.29) is 45.1 Å². The molecule has 3 aliphatic rings. The van der Waals surface area contributed by atoms with Gasteiger partial charge in [-0.1, -0.05) is 115 Å². The summed E-state index contributed by atoms with van der Waals surface area (Å²) in [5.41, 5.74) is 4.81. The van der Waals surface area contributed by atoms with Crippen molar-refractivity contribution in [2.75, 3.05) is 17.2 Å². The van der Waals surface area contributed by atoms with Gasteiger partial charge in [0.1, 0.15) is 17.2 Å². The van der Waals surface area contributed by atoms with Crippen molar-refractivity contribution in [2.45, 2.75) is 162 Å². The Morgan fingerprint density at radius 1 is 0.467 bits per heavy atom. The van der Waals surface area contributed by atoms with Gasteiger partial charge in [0.25, 0.3) is 0 Å². The molecular weight excluding hydrogens is 933 g/mol. The quantitative estimate of drug-likeness (QED) is 0.0366. The van der Waals surface area contributed by atoms with Crippen LogP contribution in [0.5, 0.6) is 40.2 Å². The number of aromatic hydroxyl groups is 2. The van der Waals surface area contributed by atoms with E-state index in [1.165, 1.54) is 93.7 Å². The lowest BCUT2D eigenvalue weighted by Crippen LogP contribution is -2.24. The SMILES string of the molecule is CCCCOc1ccc(Nc2cc(Oc3ccc(C4CCC(CCCC)CC4)cc3)c(O)c3c2C(=O)c2c(O)c(Oc4ccc(C5CCC(CCCC)CC5)cc4)cc(Nc4ccc(CCCC)cc4)c2C3=O)cc1. The van der Waals surface area contributed by atoms with Crippen molar-refractivity contribution in [3.8, 4) is 40.2 Å².